The predicted octanol–water partition coefficient (Wildman–Crippen LogP) is 1.06. The van der Waals surface area contributed by atoms with Crippen molar-refractivity contribution in [2.75, 3.05) is 0 Å². The Balaban J connectivity index is 2.36. The lowest BCUT2D eigenvalue weighted by Crippen LogP contribution is -2.60. The van der Waals surface area contributed by atoms with Gasteiger partial charge in [-0.2, -0.15) is 4.31 Å². The number of nitrogens with zero attached hydrogens (tertiary/aromatic N) is 1. The van der Waals surface area contributed by atoms with Gasteiger partial charge in [-0.15, -0.1) is 0 Å². The molecule has 1 N–H and O–H groups in total. The minimum atomic E-state index is -3.88. The molecule has 0 aromatic heterocycles. The van der Waals surface area contributed by atoms with Gasteiger partial charge in [0.25, 0.3) is 0 Å². The molecule has 2 atom stereocenters. The Hall–Kier alpha value is -1.47. The van der Waals surface area contributed by atoms with Crippen LogP contribution in [0.3, 0.4) is 0 Å². The Morgan fingerprint density at radius 1 is 1.39 bits per heavy atom. The Bertz CT molecular complexity index is 569. The molecule has 2 rings (SSSR count). The van der Waals surface area contributed by atoms with E-state index in [9.17, 15) is 17.6 Å². The van der Waals surface area contributed by atoms with Gasteiger partial charge in [0.2, 0.25) is 10.0 Å². The second-order valence-electron chi connectivity index (χ2n) is 4.23. The highest BCUT2D eigenvalue weighted by Crippen LogP contribution is 2.32. The summed E-state index contributed by atoms with van der Waals surface area (Å²) in [7, 11) is -3.88. The molecule has 0 saturated carbocycles. The number of carboxylic acids is 1. The third-order valence-corrected chi connectivity index (χ3v) is 5.02. The van der Waals surface area contributed by atoms with Crippen molar-refractivity contribution in [3.05, 3.63) is 30.1 Å². The second-order valence-corrected chi connectivity index (χ2v) is 6.07. The summed E-state index contributed by atoms with van der Waals surface area (Å²) in [5.74, 6) is -1.71. The smallest absolute Gasteiger partial charge is 0.322 e. The first-order valence-electron chi connectivity index (χ1n) is 5.36. The molecule has 0 radical (unpaired) electrons. The average molecular weight is 273 g/mol. The largest absolute Gasteiger partial charge is 0.480 e. The van der Waals surface area contributed by atoms with Crippen LogP contribution in [-0.2, 0) is 14.8 Å². The first-order valence-corrected chi connectivity index (χ1v) is 6.80. The summed E-state index contributed by atoms with van der Waals surface area (Å²) in [6.45, 7) is 1.64. The third kappa shape index (κ3) is 1.99. The number of aliphatic carboxylic acids is 1. The van der Waals surface area contributed by atoms with E-state index in [1.807, 2.05) is 0 Å². The van der Waals surface area contributed by atoms with Crippen LogP contribution in [0.4, 0.5) is 4.39 Å². The zero-order valence-electron chi connectivity index (χ0n) is 9.58. The normalized spacial score (nSPS) is 24.6. The standard InChI is InChI=1S/C11H12FNO4S/c1-7-6-10(11(14)15)13(7)18(16,17)9-4-2-8(12)3-5-9/h2-5,7,10H,6H2,1H3,(H,14,15). The molecule has 1 aliphatic rings. The summed E-state index contributed by atoms with van der Waals surface area (Å²) in [6, 6.07) is 2.94. The van der Waals surface area contributed by atoms with E-state index in [0.29, 0.717) is 0 Å². The van der Waals surface area contributed by atoms with Gasteiger partial charge in [-0.05, 0) is 37.6 Å². The molecule has 1 aromatic rings. The number of halogens is 1. The van der Waals surface area contributed by atoms with Gasteiger partial charge < -0.3 is 5.11 Å². The van der Waals surface area contributed by atoms with Crippen LogP contribution in [0.2, 0.25) is 0 Å². The van der Waals surface area contributed by atoms with E-state index in [1.54, 1.807) is 6.92 Å². The van der Waals surface area contributed by atoms with Crippen LogP contribution in [0, 0.1) is 5.82 Å². The van der Waals surface area contributed by atoms with Gasteiger partial charge in [-0.25, -0.2) is 12.8 Å². The maximum atomic E-state index is 12.8. The van der Waals surface area contributed by atoms with Gasteiger partial charge in [0.05, 0.1) is 4.90 Å². The SMILES string of the molecule is CC1CC(C(=O)O)N1S(=O)(=O)c1ccc(F)cc1. The van der Waals surface area contributed by atoms with E-state index < -0.39 is 27.9 Å². The number of carbonyl (C=O) groups is 1. The van der Waals surface area contributed by atoms with Crippen molar-refractivity contribution < 1.29 is 22.7 Å². The average Bonchev–Trinajstić information content (AvgIpc) is 2.25. The molecular weight excluding hydrogens is 261 g/mol. The second kappa shape index (κ2) is 4.33. The summed E-state index contributed by atoms with van der Waals surface area (Å²) >= 11 is 0. The van der Waals surface area contributed by atoms with Crippen LogP contribution in [0.5, 0.6) is 0 Å². The van der Waals surface area contributed by atoms with Gasteiger partial charge in [-0.1, -0.05) is 0 Å². The number of rotatable bonds is 3. The molecule has 98 valence electrons. The molecule has 1 aromatic carbocycles. The molecule has 1 saturated heterocycles. The molecule has 0 amide bonds. The summed E-state index contributed by atoms with van der Waals surface area (Å²) in [6.07, 6.45) is 0.287. The van der Waals surface area contributed by atoms with Crippen LogP contribution in [0.25, 0.3) is 0 Å². The van der Waals surface area contributed by atoms with Crippen molar-refractivity contribution in [1.82, 2.24) is 4.31 Å². The van der Waals surface area contributed by atoms with E-state index in [1.165, 1.54) is 0 Å². The molecule has 1 fully saturated rings. The highest BCUT2D eigenvalue weighted by molar-refractivity contribution is 7.89. The van der Waals surface area contributed by atoms with Crippen molar-refractivity contribution in [2.24, 2.45) is 0 Å². The molecule has 0 aliphatic carbocycles. The number of sulfonamides is 1. The van der Waals surface area contributed by atoms with E-state index in [0.717, 1.165) is 28.6 Å². The van der Waals surface area contributed by atoms with Crippen molar-refractivity contribution in [3.63, 3.8) is 0 Å². The Kier molecular flexibility index (Phi) is 3.12. The maximum Gasteiger partial charge on any atom is 0.322 e. The fourth-order valence-electron chi connectivity index (χ4n) is 2.04. The van der Waals surface area contributed by atoms with Gasteiger partial charge in [-0.3, -0.25) is 4.79 Å². The van der Waals surface area contributed by atoms with E-state index in [4.69, 9.17) is 5.11 Å². The first-order chi connectivity index (χ1) is 8.34. The zero-order valence-corrected chi connectivity index (χ0v) is 10.4. The van der Waals surface area contributed by atoms with Crippen LogP contribution in [-0.4, -0.2) is 35.9 Å². The van der Waals surface area contributed by atoms with Crippen molar-refractivity contribution >= 4 is 16.0 Å². The van der Waals surface area contributed by atoms with Gasteiger partial charge >= 0.3 is 5.97 Å². The minimum absolute atomic E-state index is 0.0956. The lowest BCUT2D eigenvalue weighted by Gasteiger charge is -2.42. The molecule has 2 unspecified atom stereocenters. The molecule has 0 spiro atoms. The quantitative estimate of drug-likeness (QED) is 0.893. The van der Waals surface area contributed by atoms with E-state index >= 15 is 0 Å². The van der Waals surface area contributed by atoms with Crippen LogP contribution in [0.15, 0.2) is 29.2 Å². The summed E-state index contributed by atoms with van der Waals surface area (Å²) in [4.78, 5) is 10.8. The monoisotopic (exact) mass is 273 g/mol. The summed E-state index contributed by atoms with van der Waals surface area (Å²) in [5, 5.41) is 8.91. The highest BCUT2D eigenvalue weighted by Gasteiger charge is 2.48. The minimum Gasteiger partial charge on any atom is -0.480 e. The third-order valence-electron chi connectivity index (χ3n) is 2.98. The lowest BCUT2D eigenvalue weighted by molar-refractivity contribution is -0.146. The predicted molar refractivity (Wildman–Crippen MR) is 60.9 cm³/mol. The molecule has 7 heteroatoms. The molecule has 5 nitrogen and oxygen atoms in total. The van der Waals surface area contributed by atoms with Gasteiger partial charge in [0.1, 0.15) is 11.9 Å². The maximum absolute atomic E-state index is 12.8. The number of benzene rings is 1. The molecule has 1 heterocycles. The zero-order chi connectivity index (χ0) is 13.5. The lowest BCUT2D eigenvalue weighted by atomic mass is 9.99. The number of hydrogen-bond acceptors (Lipinski definition) is 3. The van der Waals surface area contributed by atoms with Gasteiger partial charge in [0, 0.05) is 6.04 Å². The van der Waals surface area contributed by atoms with E-state index in [-0.39, 0.29) is 17.4 Å². The number of carboxylic acid groups (broad SMARTS) is 1. The van der Waals surface area contributed by atoms with Crippen LogP contribution < -0.4 is 0 Å². The molecule has 0 bridgehead atoms. The summed E-state index contributed by atoms with van der Waals surface area (Å²) in [5.41, 5.74) is 0. The molecule has 1 aliphatic heterocycles. The summed E-state index contributed by atoms with van der Waals surface area (Å²) < 4.78 is 38.1. The van der Waals surface area contributed by atoms with Crippen molar-refractivity contribution in [1.29, 1.82) is 0 Å². The fourth-order valence-corrected chi connectivity index (χ4v) is 3.84. The first kappa shape index (κ1) is 13.0. The molecule has 18 heavy (non-hydrogen) atoms. The Morgan fingerprint density at radius 3 is 2.39 bits per heavy atom. The van der Waals surface area contributed by atoms with Gasteiger partial charge in [0.15, 0.2) is 0 Å². The Morgan fingerprint density at radius 2 is 1.94 bits per heavy atom. The van der Waals surface area contributed by atoms with Crippen LogP contribution in [0.1, 0.15) is 13.3 Å². The van der Waals surface area contributed by atoms with Crippen molar-refractivity contribution in [2.45, 2.75) is 30.3 Å². The highest BCUT2D eigenvalue weighted by atomic mass is 32.2. The number of hydrogen-bond donors (Lipinski definition) is 1. The van der Waals surface area contributed by atoms with E-state index in [2.05, 4.69) is 0 Å². The Labute approximate surface area is 104 Å². The van der Waals surface area contributed by atoms with Crippen molar-refractivity contribution in [3.8, 4) is 0 Å². The topological polar surface area (TPSA) is 74.7 Å². The van der Waals surface area contributed by atoms with Crippen LogP contribution >= 0.6 is 0 Å². The fraction of sp³-hybridized carbons (Fsp3) is 0.364. The molecular formula is C11H12FNO4S.